The zero-order valence-corrected chi connectivity index (χ0v) is 9.63. The van der Waals surface area contributed by atoms with Gasteiger partial charge in [-0.2, -0.15) is 10.1 Å². The Morgan fingerprint density at radius 3 is 3.00 bits per heavy atom. The van der Waals surface area contributed by atoms with Crippen molar-refractivity contribution < 1.29 is 13.9 Å². The van der Waals surface area contributed by atoms with Crippen molar-refractivity contribution in [3.63, 3.8) is 0 Å². The van der Waals surface area contributed by atoms with E-state index in [-0.39, 0.29) is 12.3 Å². The lowest BCUT2D eigenvalue weighted by molar-refractivity contribution is 0.301. The van der Waals surface area contributed by atoms with Crippen molar-refractivity contribution in [3.05, 3.63) is 42.0 Å². The number of hydrogen-bond donors (Lipinski definition) is 0. The Balaban J connectivity index is 2.15. The normalized spacial score (nSPS) is 9.89. The van der Waals surface area contributed by atoms with E-state index in [1.807, 2.05) is 0 Å². The molecule has 5 nitrogen and oxygen atoms in total. The van der Waals surface area contributed by atoms with Crippen molar-refractivity contribution in [3.8, 4) is 5.75 Å². The van der Waals surface area contributed by atoms with Gasteiger partial charge in [0.25, 0.3) is 0 Å². The van der Waals surface area contributed by atoms with Crippen LogP contribution in [-0.4, -0.2) is 15.9 Å². The third-order valence-electron chi connectivity index (χ3n) is 2.23. The zero-order chi connectivity index (χ0) is 13.0. The molecule has 0 unspecified atom stereocenters. The molecule has 0 aliphatic rings. The molecular weight excluding hydrogens is 237 g/mol. The maximum atomic E-state index is 13.0. The molecule has 2 rings (SSSR count). The fourth-order valence-corrected chi connectivity index (χ4v) is 1.44. The van der Waals surface area contributed by atoms with E-state index in [4.69, 9.17) is 4.74 Å². The summed E-state index contributed by atoms with van der Waals surface area (Å²) < 4.78 is 20.1. The molecule has 0 N–H and O–H groups in total. The first-order chi connectivity index (χ1) is 8.69. The molecule has 0 spiro atoms. The van der Waals surface area contributed by atoms with Gasteiger partial charge in [-0.1, -0.05) is 0 Å². The Labute approximate surface area is 103 Å². The highest BCUT2D eigenvalue weighted by Crippen LogP contribution is 2.28. The van der Waals surface area contributed by atoms with Gasteiger partial charge in [0.1, 0.15) is 23.9 Å². The minimum absolute atomic E-state index is 0.112. The lowest BCUT2D eigenvalue weighted by Crippen LogP contribution is -1.98. The number of hydrogen-bond acceptors (Lipinski definition) is 4. The van der Waals surface area contributed by atoms with E-state index in [0.717, 1.165) is 11.8 Å². The van der Waals surface area contributed by atoms with E-state index in [9.17, 15) is 9.18 Å². The topological polar surface area (TPSA) is 56.5 Å². The second kappa shape index (κ2) is 5.25. The summed E-state index contributed by atoms with van der Waals surface area (Å²) in [5.41, 5.74) is 0.837. The summed E-state index contributed by atoms with van der Waals surface area (Å²) in [6.07, 6.45) is 3.15. The maximum absolute atomic E-state index is 13.0. The summed E-state index contributed by atoms with van der Waals surface area (Å²) in [5.74, 6) is -0.181. The SMILES string of the molecule is Cn1ccc(COc2ccc(F)cc2N=C=O)n1. The maximum Gasteiger partial charge on any atom is 0.240 e. The predicted molar refractivity (Wildman–Crippen MR) is 61.7 cm³/mol. The molecule has 18 heavy (non-hydrogen) atoms. The number of aryl methyl sites for hydroxylation is 1. The van der Waals surface area contributed by atoms with Gasteiger partial charge in [0.2, 0.25) is 6.08 Å². The fraction of sp³-hybridized carbons (Fsp3) is 0.167. The van der Waals surface area contributed by atoms with E-state index in [1.54, 1.807) is 24.0 Å². The highest BCUT2D eigenvalue weighted by atomic mass is 19.1. The first kappa shape index (κ1) is 12.0. The molecule has 2 aromatic rings. The van der Waals surface area contributed by atoms with Crippen LogP contribution in [0.15, 0.2) is 35.5 Å². The Bertz CT molecular complexity index is 603. The number of nitrogens with zero attached hydrogens (tertiary/aromatic N) is 3. The van der Waals surface area contributed by atoms with Crippen molar-refractivity contribution in [1.82, 2.24) is 9.78 Å². The number of ether oxygens (including phenoxy) is 1. The quantitative estimate of drug-likeness (QED) is 0.614. The van der Waals surface area contributed by atoms with E-state index < -0.39 is 5.82 Å². The van der Waals surface area contributed by atoms with Crippen LogP contribution in [0, 0.1) is 5.82 Å². The molecule has 6 heteroatoms. The van der Waals surface area contributed by atoms with E-state index in [2.05, 4.69) is 10.1 Å². The molecule has 0 bridgehead atoms. The van der Waals surface area contributed by atoms with Gasteiger partial charge in [-0.3, -0.25) is 4.68 Å². The summed E-state index contributed by atoms with van der Waals surface area (Å²) in [4.78, 5) is 13.6. The van der Waals surface area contributed by atoms with Crippen molar-refractivity contribution in [2.24, 2.45) is 12.0 Å². The molecule has 1 heterocycles. The Morgan fingerprint density at radius 1 is 1.50 bits per heavy atom. The second-order valence-electron chi connectivity index (χ2n) is 3.58. The van der Waals surface area contributed by atoms with Gasteiger partial charge in [0, 0.05) is 19.3 Å². The third-order valence-corrected chi connectivity index (χ3v) is 2.23. The highest BCUT2D eigenvalue weighted by molar-refractivity contribution is 5.57. The van der Waals surface area contributed by atoms with Crippen molar-refractivity contribution >= 4 is 11.8 Å². The van der Waals surface area contributed by atoms with Crippen LogP contribution in [0.5, 0.6) is 5.75 Å². The molecule has 0 fully saturated rings. The van der Waals surface area contributed by atoms with Gasteiger partial charge in [-0.25, -0.2) is 9.18 Å². The van der Waals surface area contributed by atoms with Gasteiger partial charge in [-0.05, 0) is 18.2 Å². The average molecular weight is 247 g/mol. The molecule has 0 amide bonds. The average Bonchev–Trinajstić information content (AvgIpc) is 2.75. The molecule has 0 atom stereocenters. The number of carbonyl (C=O) groups excluding carboxylic acids is 1. The van der Waals surface area contributed by atoms with Gasteiger partial charge in [0.05, 0.1) is 5.69 Å². The molecule has 0 aliphatic heterocycles. The van der Waals surface area contributed by atoms with Gasteiger partial charge in [-0.15, -0.1) is 0 Å². The number of aliphatic imine (C=N–C) groups is 1. The Kier molecular flexibility index (Phi) is 3.50. The molecule has 1 aromatic carbocycles. The summed E-state index contributed by atoms with van der Waals surface area (Å²) in [7, 11) is 1.80. The summed E-state index contributed by atoms with van der Waals surface area (Å²) >= 11 is 0. The van der Waals surface area contributed by atoms with Crippen LogP contribution in [-0.2, 0) is 18.4 Å². The number of rotatable bonds is 4. The van der Waals surface area contributed by atoms with Gasteiger partial charge < -0.3 is 4.74 Å². The lowest BCUT2D eigenvalue weighted by atomic mass is 10.3. The summed E-state index contributed by atoms with van der Waals surface area (Å²) in [6.45, 7) is 0.216. The van der Waals surface area contributed by atoms with Crippen molar-refractivity contribution in [1.29, 1.82) is 0 Å². The molecule has 92 valence electrons. The number of benzene rings is 1. The largest absolute Gasteiger partial charge is 0.485 e. The van der Waals surface area contributed by atoms with Crippen LogP contribution in [0.2, 0.25) is 0 Å². The highest BCUT2D eigenvalue weighted by Gasteiger charge is 2.06. The van der Waals surface area contributed by atoms with Crippen LogP contribution in [0.4, 0.5) is 10.1 Å². The number of aromatic nitrogens is 2. The molecular formula is C12H10FN3O2. The van der Waals surface area contributed by atoms with E-state index >= 15 is 0 Å². The second-order valence-corrected chi connectivity index (χ2v) is 3.58. The smallest absolute Gasteiger partial charge is 0.240 e. The molecule has 0 saturated carbocycles. The van der Waals surface area contributed by atoms with Crippen LogP contribution in [0.1, 0.15) is 5.69 Å². The first-order valence-corrected chi connectivity index (χ1v) is 5.18. The van der Waals surface area contributed by atoms with Crippen molar-refractivity contribution in [2.45, 2.75) is 6.61 Å². The standard InChI is InChI=1S/C12H10FN3O2/c1-16-5-4-10(15-16)7-18-12-3-2-9(13)6-11(12)14-8-17/h2-6H,7H2,1H3. The van der Waals surface area contributed by atoms with Crippen LogP contribution >= 0.6 is 0 Å². The van der Waals surface area contributed by atoms with E-state index in [1.165, 1.54) is 18.2 Å². The number of isocyanates is 1. The minimum atomic E-state index is -0.491. The first-order valence-electron chi connectivity index (χ1n) is 5.18. The molecule has 0 aliphatic carbocycles. The predicted octanol–water partition coefficient (Wildman–Crippen LogP) is 2.11. The van der Waals surface area contributed by atoms with Crippen LogP contribution < -0.4 is 4.74 Å². The summed E-state index contributed by atoms with van der Waals surface area (Å²) in [6, 6.07) is 5.55. The Morgan fingerprint density at radius 2 is 2.33 bits per heavy atom. The fourth-order valence-electron chi connectivity index (χ4n) is 1.44. The monoisotopic (exact) mass is 247 g/mol. The van der Waals surface area contributed by atoms with Crippen LogP contribution in [0.25, 0.3) is 0 Å². The molecule has 1 aromatic heterocycles. The van der Waals surface area contributed by atoms with Crippen molar-refractivity contribution in [2.75, 3.05) is 0 Å². The molecule has 0 saturated heterocycles. The Hall–Kier alpha value is -2.46. The van der Waals surface area contributed by atoms with Crippen LogP contribution in [0.3, 0.4) is 0 Å². The minimum Gasteiger partial charge on any atom is -0.485 e. The summed E-state index contributed by atoms with van der Waals surface area (Å²) in [5, 5.41) is 4.13. The van der Waals surface area contributed by atoms with Gasteiger partial charge >= 0.3 is 0 Å². The molecule has 0 radical (unpaired) electrons. The van der Waals surface area contributed by atoms with E-state index in [0.29, 0.717) is 5.75 Å². The van der Waals surface area contributed by atoms with Gasteiger partial charge in [0.15, 0.2) is 0 Å². The third kappa shape index (κ3) is 2.81. The lowest BCUT2D eigenvalue weighted by Gasteiger charge is -2.06. The zero-order valence-electron chi connectivity index (χ0n) is 9.63. The number of halogens is 1.